The second kappa shape index (κ2) is 7.72. The topological polar surface area (TPSA) is 47.6 Å². The summed E-state index contributed by atoms with van der Waals surface area (Å²) in [6.45, 7) is 8.36. The maximum absolute atomic E-state index is 11.7. The van der Waals surface area contributed by atoms with Crippen LogP contribution in [-0.4, -0.2) is 26.7 Å². The van der Waals surface area contributed by atoms with Gasteiger partial charge < -0.3 is 14.8 Å². The predicted molar refractivity (Wildman–Crippen MR) is 85.0 cm³/mol. The molecule has 0 aromatic heterocycles. The minimum absolute atomic E-state index is 0.0449. The van der Waals surface area contributed by atoms with E-state index >= 15 is 0 Å². The number of nitrogens with one attached hydrogen (secondary N) is 1. The van der Waals surface area contributed by atoms with E-state index in [2.05, 4.69) is 25.7 Å². The number of rotatable bonds is 8. The molecule has 0 radical (unpaired) electrons. The van der Waals surface area contributed by atoms with Gasteiger partial charge in [0.15, 0.2) is 11.5 Å². The molecule has 0 aliphatic rings. The number of ether oxygens (including phenoxy) is 2. The van der Waals surface area contributed by atoms with Gasteiger partial charge in [-0.1, -0.05) is 26.0 Å². The van der Waals surface area contributed by atoms with Crippen molar-refractivity contribution >= 4 is 5.91 Å². The Bertz CT molecular complexity index is 495. The summed E-state index contributed by atoms with van der Waals surface area (Å²) in [7, 11) is 3.23. The number of hydrogen-bond acceptors (Lipinski definition) is 3. The molecule has 4 heteroatoms. The fraction of sp³-hybridized carbons (Fsp3) is 0.471. The van der Waals surface area contributed by atoms with Gasteiger partial charge in [0.1, 0.15) is 0 Å². The van der Waals surface area contributed by atoms with Crippen molar-refractivity contribution < 1.29 is 14.3 Å². The zero-order chi connectivity index (χ0) is 15.9. The molecule has 0 aliphatic heterocycles. The van der Waals surface area contributed by atoms with Crippen LogP contribution in [0.1, 0.15) is 32.3 Å². The molecular weight excluding hydrogens is 266 g/mol. The zero-order valence-corrected chi connectivity index (χ0v) is 13.4. The van der Waals surface area contributed by atoms with Gasteiger partial charge in [0.25, 0.3) is 0 Å². The molecule has 0 saturated heterocycles. The fourth-order valence-corrected chi connectivity index (χ4v) is 2.00. The highest BCUT2D eigenvalue weighted by molar-refractivity contribution is 5.76. The molecule has 1 aromatic carbocycles. The first-order valence-corrected chi connectivity index (χ1v) is 7.04. The van der Waals surface area contributed by atoms with E-state index in [1.165, 1.54) is 0 Å². The molecule has 0 aliphatic carbocycles. The van der Waals surface area contributed by atoms with Crippen LogP contribution in [0.15, 0.2) is 30.9 Å². The number of carbonyl (C=O) groups excluding carboxylic acids is 1. The number of allylic oxidation sites excluding steroid dienone is 1. The van der Waals surface area contributed by atoms with Crippen molar-refractivity contribution in [2.45, 2.75) is 32.1 Å². The van der Waals surface area contributed by atoms with Crippen LogP contribution >= 0.6 is 0 Å². The van der Waals surface area contributed by atoms with Gasteiger partial charge in [-0.3, -0.25) is 4.79 Å². The molecule has 0 spiro atoms. The van der Waals surface area contributed by atoms with E-state index < -0.39 is 0 Å². The van der Waals surface area contributed by atoms with E-state index in [-0.39, 0.29) is 11.3 Å². The highest BCUT2D eigenvalue weighted by Gasteiger charge is 2.23. The van der Waals surface area contributed by atoms with Gasteiger partial charge in [-0.2, -0.15) is 0 Å². The van der Waals surface area contributed by atoms with Gasteiger partial charge in [0, 0.05) is 18.4 Å². The van der Waals surface area contributed by atoms with E-state index in [1.807, 2.05) is 18.2 Å². The van der Waals surface area contributed by atoms with Crippen molar-refractivity contribution in [1.82, 2.24) is 5.32 Å². The third-order valence-electron chi connectivity index (χ3n) is 3.47. The van der Waals surface area contributed by atoms with Gasteiger partial charge in [0.05, 0.1) is 14.2 Å². The molecule has 1 rings (SSSR count). The van der Waals surface area contributed by atoms with Crippen LogP contribution in [0.25, 0.3) is 0 Å². The van der Waals surface area contributed by atoms with Crippen LogP contribution in [-0.2, 0) is 10.2 Å². The molecule has 0 atom stereocenters. The van der Waals surface area contributed by atoms with Crippen molar-refractivity contribution in [3.63, 3.8) is 0 Å². The molecule has 21 heavy (non-hydrogen) atoms. The second-order valence-electron chi connectivity index (χ2n) is 5.56. The summed E-state index contributed by atoms with van der Waals surface area (Å²) in [6, 6.07) is 5.83. The van der Waals surface area contributed by atoms with Crippen molar-refractivity contribution in [2.24, 2.45) is 0 Å². The SMILES string of the molecule is C=CCCC(=O)NCC(C)(C)c1ccc(OC)c(OC)c1. The zero-order valence-electron chi connectivity index (χ0n) is 13.4. The van der Waals surface area contributed by atoms with E-state index in [9.17, 15) is 4.79 Å². The number of carbonyl (C=O) groups is 1. The van der Waals surface area contributed by atoms with Gasteiger partial charge >= 0.3 is 0 Å². The predicted octanol–water partition coefficient (Wildman–Crippen LogP) is 3.06. The number of amides is 1. The van der Waals surface area contributed by atoms with E-state index in [0.717, 1.165) is 5.56 Å². The third-order valence-corrected chi connectivity index (χ3v) is 3.47. The normalized spacial score (nSPS) is 10.9. The summed E-state index contributed by atoms with van der Waals surface area (Å²) >= 11 is 0. The van der Waals surface area contributed by atoms with Crippen molar-refractivity contribution in [3.05, 3.63) is 36.4 Å². The first kappa shape index (κ1) is 17.1. The first-order valence-electron chi connectivity index (χ1n) is 7.04. The Kier molecular flexibility index (Phi) is 6.28. The molecule has 0 unspecified atom stereocenters. The Morgan fingerprint density at radius 2 is 1.95 bits per heavy atom. The molecule has 1 aromatic rings. The van der Waals surface area contributed by atoms with Crippen molar-refractivity contribution in [3.8, 4) is 11.5 Å². The highest BCUT2D eigenvalue weighted by Crippen LogP contribution is 2.32. The Hall–Kier alpha value is -1.97. The maximum atomic E-state index is 11.7. The molecule has 0 bridgehead atoms. The lowest BCUT2D eigenvalue weighted by atomic mass is 9.84. The molecule has 1 amide bonds. The third kappa shape index (κ3) is 4.81. The van der Waals surface area contributed by atoms with E-state index in [1.54, 1.807) is 20.3 Å². The van der Waals surface area contributed by atoms with Crippen LogP contribution in [0.3, 0.4) is 0 Å². The largest absolute Gasteiger partial charge is 0.493 e. The van der Waals surface area contributed by atoms with Crippen LogP contribution < -0.4 is 14.8 Å². The average molecular weight is 291 g/mol. The van der Waals surface area contributed by atoms with Crippen LogP contribution in [0.2, 0.25) is 0 Å². The number of methoxy groups -OCH3 is 2. The monoisotopic (exact) mass is 291 g/mol. The van der Waals surface area contributed by atoms with E-state index in [0.29, 0.717) is 30.9 Å². The summed E-state index contributed by atoms with van der Waals surface area (Å²) < 4.78 is 10.6. The molecular formula is C17H25NO3. The fourth-order valence-electron chi connectivity index (χ4n) is 2.00. The summed E-state index contributed by atoms with van der Waals surface area (Å²) in [5.41, 5.74) is 0.896. The lowest BCUT2D eigenvalue weighted by Crippen LogP contribution is -2.36. The molecule has 0 heterocycles. The molecule has 4 nitrogen and oxygen atoms in total. The van der Waals surface area contributed by atoms with Gasteiger partial charge in [-0.15, -0.1) is 6.58 Å². The molecule has 0 saturated carbocycles. The summed E-state index contributed by atoms with van der Waals surface area (Å²) in [5.74, 6) is 1.44. The van der Waals surface area contributed by atoms with E-state index in [4.69, 9.17) is 9.47 Å². The summed E-state index contributed by atoms with van der Waals surface area (Å²) in [4.78, 5) is 11.7. The quantitative estimate of drug-likeness (QED) is 0.749. The Balaban J connectivity index is 2.77. The highest BCUT2D eigenvalue weighted by atomic mass is 16.5. The Morgan fingerprint density at radius 1 is 1.29 bits per heavy atom. The minimum Gasteiger partial charge on any atom is -0.493 e. The van der Waals surface area contributed by atoms with Crippen LogP contribution in [0, 0.1) is 0 Å². The lowest BCUT2D eigenvalue weighted by Gasteiger charge is -2.26. The average Bonchev–Trinajstić information content (AvgIpc) is 2.50. The molecule has 0 fully saturated rings. The number of benzene rings is 1. The molecule has 116 valence electrons. The first-order chi connectivity index (χ1) is 9.94. The molecule has 1 N–H and O–H groups in total. The second-order valence-corrected chi connectivity index (χ2v) is 5.56. The Morgan fingerprint density at radius 3 is 2.52 bits per heavy atom. The standard InChI is InChI=1S/C17H25NO3/c1-6-7-8-16(19)18-12-17(2,3)13-9-10-14(20-4)15(11-13)21-5/h6,9-11H,1,7-8,12H2,2-5H3,(H,18,19). The summed E-state index contributed by atoms with van der Waals surface area (Å²) in [6.07, 6.45) is 2.92. The van der Waals surface area contributed by atoms with Crippen molar-refractivity contribution in [1.29, 1.82) is 0 Å². The van der Waals surface area contributed by atoms with Crippen LogP contribution in [0.5, 0.6) is 11.5 Å². The summed E-state index contributed by atoms with van der Waals surface area (Å²) in [5, 5.41) is 2.96. The minimum atomic E-state index is -0.191. The van der Waals surface area contributed by atoms with Gasteiger partial charge in [0.2, 0.25) is 5.91 Å². The van der Waals surface area contributed by atoms with Crippen LogP contribution in [0.4, 0.5) is 0 Å². The smallest absolute Gasteiger partial charge is 0.220 e. The maximum Gasteiger partial charge on any atom is 0.220 e. The number of hydrogen-bond donors (Lipinski definition) is 1. The Labute approximate surface area is 127 Å². The van der Waals surface area contributed by atoms with Gasteiger partial charge in [-0.05, 0) is 24.1 Å². The lowest BCUT2D eigenvalue weighted by molar-refractivity contribution is -0.121. The van der Waals surface area contributed by atoms with Crippen molar-refractivity contribution in [2.75, 3.05) is 20.8 Å². The van der Waals surface area contributed by atoms with Gasteiger partial charge in [-0.25, -0.2) is 0 Å².